The van der Waals surface area contributed by atoms with Crippen LogP contribution in [0.1, 0.15) is 0 Å². The minimum Gasteiger partial charge on any atom is -0.277 e. The summed E-state index contributed by atoms with van der Waals surface area (Å²) in [6, 6.07) is 8.43. The highest BCUT2D eigenvalue weighted by atomic mass is 79.9. The Labute approximate surface area is 117 Å². The van der Waals surface area contributed by atoms with Crippen LogP contribution in [-0.4, -0.2) is 8.96 Å². The number of fused-ring (bicyclic) bond motifs is 1. The van der Waals surface area contributed by atoms with Gasteiger partial charge in [-0.25, -0.2) is 9.37 Å². The number of nitrogens with zero attached hydrogens (tertiary/aromatic N) is 2. The van der Waals surface area contributed by atoms with E-state index in [1.165, 1.54) is 12.1 Å². The van der Waals surface area contributed by atoms with Crippen LogP contribution in [0, 0.1) is 5.82 Å². The van der Waals surface area contributed by atoms with Crippen molar-refractivity contribution in [2.75, 3.05) is 0 Å². The van der Waals surface area contributed by atoms with Gasteiger partial charge in [0, 0.05) is 27.8 Å². The Balaban J connectivity index is 2.22. The molecule has 5 heteroatoms. The van der Waals surface area contributed by atoms with Crippen LogP contribution in [0.4, 0.5) is 4.39 Å². The van der Waals surface area contributed by atoms with E-state index >= 15 is 0 Å². The SMILES string of the molecule is Fc1cccc(-c2cnc3c(c2)c(Br)cn3S)c1. The average molecular weight is 323 g/mol. The van der Waals surface area contributed by atoms with Crippen LogP contribution in [0.25, 0.3) is 22.2 Å². The van der Waals surface area contributed by atoms with E-state index in [-0.39, 0.29) is 5.82 Å². The predicted octanol–water partition coefficient (Wildman–Crippen LogP) is 4.30. The highest BCUT2D eigenvalue weighted by Gasteiger charge is 2.08. The summed E-state index contributed by atoms with van der Waals surface area (Å²) in [4.78, 5) is 4.34. The third-order valence-electron chi connectivity index (χ3n) is 2.73. The van der Waals surface area contributed by atoms with Crippen LogP contribution < -0.4 is 0 Å². The van der Waals surface area contributed by atoms with E-state index in [9.17, 15) is 4.39 Å². The number of hydrogen-bond donors (Lipinski definition) is 1. The molecule has 0 spiro atoms. The van der Waals surface area contributed by atoms with E-state index in [4.69, 9.17) is 0 Å². The summed E-state index contributed by atoms with van der Waals surface area (Å²) in [6.45, 7) is 0. The van der Waals surface area contributed by atoms with Gasteiger partial charge in [-0.1, -0.05) is 24.9 Å². The fourth-order valence-electron chi connectivity index (χ4n) is 1.88. The van der Waals surface area contributed by atoms with E-state index < -0.39 is 0 Å². The van der Waals surface area contributed by atoms with Crippen molar-refractivity contribution in [3.63, 3.8) is 0 Å². The zero-order valence-corrected chi connectivity index (χ0v) is 11.6. The second-order valence-electron chi connectivity index (χ2n) is 3.93. The first-order chi connectivity index (χ1) is 8.65. The smallest absolute Gasteiger partial charge is 0.150 e. The lowest BCUT2D eigenvalue weighted by atomic mass is 10.1. The summed E-state index contributed by atoms with van der Waals surface area (Å²) >= 11 is 7.73. The first kappa shape index (κ1) is 11.7. The molecular formula is C13H8BrFN2S. The molecule has 18 heavy (non-hydrogen) atoms. The summed E-state index contributed by atoms with van der Waals surface area (Å²) in [5.41, 5.74) is 2.45. The first-order valence-corrected chi connectivity index (χ1v) is 6.46. The van der Waals surface area contributed by atoms with E-state index in [2.05, 4.69) is 33.7 Å². The summed E-state index contributed by atoms with van der Waals surface area (Å²) in [7, 11) is 0. The van der Waals surface area contributed by atoms with Crippen LogP contribution in [0.5, 0.6) is 0 Å². The maximum atomic E-state index is 13.2. The molecule has 2 aromatic heterocycles. The van der Waals surface area contributed by atoms with E-state index in [0.29, 0.717) is 0 Å². The number of benzene rings is 1. The lowest BCUT2D eigenvalue weighted by Crippen LogP contribution is -1.85. The molecule has 3 rings (SSSR count). The predicted molar refractivity (Wildman–Crippen MR) is 77.2 cm³/mol. The maximum Gasteiger partial charge on any atom is 0.150 e. The molecule has 0 radical (unpaired) electrons. The summed E-state index contributed by atoms with van der Waals surface area (Å²) in [5.74, 6) is -0.251. The number of rotatable bonds is 1. The van der Waals surface area contributed by atoms with E-state index in [1.807, 2.05) is 18.3 Å². The molecule has 1 aromatic carbocycles. The summed E-state index contributed by atoms with van der Waals surface area (Å²) in [5, 5.41) is 0.951. The molecule has 0 N–H and O–H groups in total. The fourth-order valence-corrected chi connectivity index (χ4v) is 2.81. The molecule has 0 aliphatic heterocycles. The molecule has 0 fully saturated rings. The van der Waals surface area contributed by atoms with Crippen LogP contribution in [0.3, 0.4) is 0 Å². The number of aromatic nitrogens is 2. The standard InChI is InChI=1S/C13H8BrFN2S/c14-12-7-17(18)13-11(12)5-9(6-16-13)8-2-1-3-10(15)4-8/h1-7,18H. The molecule has 0 saturated heterocycles. The average Bonchev–Trinajstić information content (AvgIpc) is 2.65. The van der Waals surface area contributed by atoms with Crippen molar-refractivity contribution >= 4 is 39.8 Å². The van der Waals surface area contributed by atoms with Gasteiger partial charge in [-0.3, -0.25) is 3.97 Å². The molecule has 90 valence electrons. The Morgan fingerprint density at radius 1 is 1.22 bits per heavy atom. The van der Waals surface area contributed by atoms with Crippen molar-refractivity contribution in [3.8, 4) is 11.1 Å². The molecule has 0 saturated carbocycles. The minimum atomic E-state index is -0.251. The van der Waals surface area contributed by atoms with Crippen LogP contribution >= 0.6 is 28.7 Å². The molecule has 0 bridgehead atoms. The van der Waals surface area contributed by atoms with Crippen molar-refractivity contribution in [3.05, 3.63) is 53.0 Å². The van der Waals surface area contributed by atoms with Gasteiger partial charge in [-0.05, 0) is 39.7 Å². The maximum absolute atomic E-state index is 13.2. The van der Waals surface area contributed by atoms with Crippen LogP contribution in [0.15, 0.2) is 47.2 Å². The van der Waals surface area contributed by atoms with Crippen molar-refractivity contribution < 1.29 is 4.39 Å². The molecule has 0 amide bonds. The molecule has 2 nitrogen and oxygen atoms in total. The quantitative estimate of drug-likeness (QED) is 0.661. The lowest BCUT2D eigenvalue weighted by Gasteiger charge is -2.02. The Kier molecular flexibility index (Phi) is 2.87. The lowest BCUT2D eigenvalue weighted by molar-refractivity contribution is 0.628. The van der Waals surface area contributed by atoms with Gasteiger partial charge < -0.3 is 0 Å². The van der Waals surface area contributed by atoms with Gasteiger partial charge in [0.15, 0.2) is 5.65 Å². The van der Waals surface area contributed by atoms with E-state index in [0.717, 1.165) is 26.6 Å². The van der Waals surface area contributed by atoms with Gasteiger partial charge in [-0.2, -0.15) is 0 Å². The fraction of sp³-hybridized carbons (Fsp3) is 0. The van der Waals surface area contributed by atoms with Gasteiger partial charge in [0.05, 0.1) is 0 Å². The summed E-state index contributed by atoms with van der Waals surface area (Å²) < 4.78 is 15.8. The number of halogens is 2. The van der Waals surface area contributed by atoms with Crippen molar-refractivity contribution in [1.82, 2.24) is 8.96 Å². The Bertz CT molecular complexity index is 739. The highest BCUT2D eigenvalue weighted by Crippen LogP contribution is 2.29. The Hall–Kier alpha value is -1.33. The largest absolute Gasteiger partial charge is 0.277 e. The molecule has 0 aliphatic carbocycles. The second kappa shape index (κ2) is 4.40. The normalized spacial score (nSPS) is 11.1. The third kappa shape index (κ3) is 1.93. The Morgan fingerprint density at radius 2 is 2.06 bits per heavy atom. The molecule has 3 aromatic rings. The first-order valence-electron chi connectivity index (χ1n) is 5.27. The minimum absolute atomic E-state index is 0.251. The van der Waals surface area contributed by atoms with Crippen LogP contribution in [0.2, 0.25) is 0 Å². The zero-order valence-electron chi connectivity index (χ0n) is 9.14. The topological polar surface area (TPSA) is 17.8 Å². The zero-order chi connectivity index (χ0) is 12.7. The van der Waals surface area contributed by atoms with Gasteiger partial charge >= 0.3 is 0 Å². The summed E-state index contributed by atoms with van der Waals surface area (Å²) in [6.07, 6.45) is 3.55. The third-order valence-corrected chi connectivity index (χ3v) is 3.67. The highest BCUT2D eigenvalue weighted by molar-refractivity contribution is 9.10. The number of thiol groups is 1. The molecular weight excluding hydrogens is 315 g/mol. The number of hydrogen-bond acceptors (Lipinski definition) is 2. The molecule has 0 unspecified atom stereocenters. The van der Waals surface area contributed by atoms with Crippen molar-refractivity contribution in [2.45, 2.75) is 0 Å². The van der Waals surface area contributed by atoms with Gasteiger partial charge in [0.1, 0.15) is 5.82 Å². The van der Waals surface area contributed by atoms with E-state index in [1.54, 1.807) is 16.2 Å². The molecule has 2 heterocycles. The van der Waals surface area contributed by atoms with Gasteiger partial charge in [0.2, 0.25) is 0 Å². The van der Waals surface area contributed by atoms with Crippen LogP contribution in [-0.2, 0) is 0 Å². The van der Waals surface area contributed by atoms with Crippen molar-refractivity contribution in [2.24, 2.45) is 0 Å². The monoisotopic (exact) mass is 322 g/mol. The molecule has 0 atom stereocenters. The van der Waals surface area contributed by atoms with Gasteiger partial charge in [0.25, 0.3) is 0 Å². The molecule has 0 aliphatic rings. The number of pyridine rings is 1. The second-order valence-corrected chi connectivity index (χ2v) is 5.21. The van der Waals surface area contributed by atoms with Crippen molar-refractivity contribution in [1.29, 1.82) is 0 Å². The Morgan fingerprint density at radius 3 is 2.83 bits per heavy atom. The van der Waals surface area contributed by atoms with Gasteiger partial charge in [-0.15, -0.1) is 0 Å².